The molecule has 0 saturated carbocycles. The van der Waals surface area contributed by atoms with Gasteiger partial charge in [-0.05, 0) is 51.0 Å². The highest BCUT2D eigenvalue weighted by Gasteiger charge is 2.17. The number of hydrogen-bond donors (Lipinski definition) is 1. The molecule has 1 aromatic carbocycles. The lowest BCUT2D eigenvalue weighted by Crippen LogP contribution is -2.33. The van der Waals surface area contributed by atoms with Crippen LogP contribution in [-0.4, -0.2) is 30.4 Å². The van der Waals surface area contributed by atoms with Gasteiger partial charge in [0.2, 0.25) is 5.91 Å². The third-order valence-electron chi connectivity index (χ3n) is 2.83. The molecule has 0 aliphatic carbocycles. The van der Waals surface area contributed by atoms with Gasteiger partial charge in [0.1, 0.15) is 0 Å². The van der Waals surface area contributed by atoms with E-state index in [9.17, 15) is 4.79 Å². The summed E-state index contributed by atoms with van der Waals surface area (Å²) in [6.45, 7) is 7.38. The maximum Gasteiger partial charge on any atom is 0.233 e. The van der Waals surface area contributed by atoms with Gasteiger partial charge in [-0.15, -0.1) is 11.8 Å². The van der Waals surface area contributed by atoms with E-state index in [-0.39, 0.29) is 17.3 Å². The number of benzene rings is 1. The lowest BCUT2D eigenvalue weighted by Gasteiger charge is -2.15. The fraction of sp³-hybridized carbons (Fsp3) is 0.562. The Labute approximate surface area is 136 Å². The fourth-order valence-electron chi connectivity index (χ4n) is 1.72. The van der Waals surface area contributed by atoms with Gasteiger partial charge < -0.3 is 10.1 Å². The van der Waals surface area contributed by atoms with E-state index >= 15 is 0 Å². The van der Waals surface area contributed by atoms with Crippen LogP contribution in [0.25, 0.3) is 0 Å². The molecule has 0 spiro atoms. The van der Waals surface area contributed by atoms with Crippen molar-refractivity contribution in [3.8, 4) is 0 Å². The topological polar surface area (TPSA) is 38.3 Å². The van der Waals surface area contributed by atoms with Gasteiger partial charge in [0, 0.05) is 23.1 Å². The highest BCUT2D eigenvalue weighted by atomic mass is 35.5. The molecule has 0 aromatic heterocycles. The molecule has 1 rings (SSSR count). The minimum absolute atomic E-state index is 0.0720. The Morgan fingerprint density at radius 2 is 2.00 bits per heavy atom. The molecule has 0 heterocycles. The number of hydrogen-bond acceptors (Lipinski definition) is 3. The minimum Gasteiger partial charge on any atom is -0.379 e. The van der Waals surface area contributed by atoms with Crippen LogP contribution in [0.15, 0.2) is 29.2 Å². The molecule has 5 heteroatoms. The molecule has 3 nitrogen and oxygen atoms in total. The second kappa shape index (κ2) is 10.1. The highest BCUT2D eigenvalue weighted by molar-refractivity contribution is 8.00. The number of ether oxygens (including phenoxy) is 1. The molecule has 1 amide bonds. The van der Waals surface area contributed by atoms with Crippen molar-refractivity contribution in [2.24, 2.45) is 0 Å². The van der Waals surface area contributed by atoms with E-state index < -0.39 is 0 Å². The first-order valence-corrected chi connectivity index (χ1v) is 8.60. The zero-order valence-corrected chi connectivity index (χ0v) is 14.5. The van der Waals surface area contributed by atoms with E-state index in [0.29, 0.717) is 18.2 Å². The summed E-state index contributed by atoms with van der Waals surface area (Å²) in [6.07, 6.45) is 1.87. The molecule has 21 heavy (non-hydrogen) atoms. The summed E-state index contributed by atoms with van der Waals surface area (Å²) in [5.41, 5.74) is 0. The van der Waals surface area contributed by atoms with Crippen molar-refractivity contribution >= 4 is 29.3 Å². The van der Waals surface area contributed by atoms with Crippen LogP contribution in [0.3, 0.4) is 0 Å². The maximum atomic E-state index is 12.1. The van der Waals surface area contributed by atoms with Crippen molar-refractivity contribution < 1.29 is 9.53 Å². The van der Waals surface area contributed by atoms with Crippen molar-refractivity contribution in [2.75, 3.05) is 13.2 Å². The minimum atomic E-state index is -0.0720. The highest BCUT2D eigenvalue weighted by Crippen LogP contribution is 2.26. The van der Waals surface area contributed by atoms with Gasteiger partial charge in [-0.3, -0.25) is 4.79 Å². The van der Waals surface area contributed by atoms with Crippen LogP contribution in [-0.2, 0) is 9.53 Å². The summed E-state index contributed by atoms with van der Waals surface area (Å²) in [4.78, 5) is 13.2. The predicted octanol–water partition coefficient (Wildman–Crippen LogP) is 4.14. The van der Waals surface area contributed by atoms with Crippen molar-refractivity contribution in [1.29, 1.82) is 0 Å². The monoisotopic (exact) mass is 329 g/mol. The maximum absolute atomic E-state index is 12.1. The van der Waals surface area contributed by atoms with Gasteiger partial charge in [0.15, 0.2) is 0 Å². The van der Waals surface area contributed by atoms with Crippen LogP contribution >= 0.6 is 23.4 Å². The Morgan fingerprint density at radius 3 is 2.57 bits per heavy atom. The molecule has 0 radical (unpaired) electrons. The molecule has 1 N–H and O–H groups in total. The van der Waals surface area contributed by atoms with E-state index in [2.05, 4.69) is 5.32 Å². The molecule has 0 aliphatic rings. The lowest BCUT2D eigenvalue weighted by molar-refractivity contribution is -0.120. The van der Waals surface area contributed by atoms with E-state index in [1.165, 1.54) is 0 Å². The van der Waals surface area contributed by atoms with Crippen molar-refractivity contribution in [3.63, 3.8) is 0 Å². The first-order chi connectivity index (χ1) is 10.0. The normalized spacial score (nSPS) is 12.4. The Balaban J connectivity index is 2.34. The lowest BCUT2D eigenvalue weighted by atomic mass is 10.3. The second-order valence-electron chi connectivity index (χ2n) is 5.03. The number of carbonyl (C=O) groups is 1. The Bertz CT molecular complexity index is 423. The molecule has 0 fully saturated rings. The molecule has 0 aliphatic heterocycles. The zero-order valence-electron chi connectivity index (χ0n) is 12.9. The SMILES string of the molecule is CC[C@H](Sc1ccc(Cl)cc1)C(=O)NCCCOC(C)C. The summed E-state index contributed by atoms with van der Waals surface area (Å²) in [5, 5.41) is 3.61. The van der Waals surface area contributed by atoms with Gasteiger partial charge in [0.25, 0.3) is 0 Å². The molecule has 118 valence electrons. The van der Waals surface area contributed by atoms with E-state index in [0.717, 1.165) is 17.7 Å². The van der Waals surface area contributed by atoms with Gasteiger partial charge in [0.05, 0.1) is 11.4 Å². The zero-order chi connectivity index (χ0) is 15.7. The molecular formula is C16H24ClNO2S. The number of rotatable bonds is 9. The molecule has 0 unspecified atom stereocenters. The van der Waals surface area contributed by atoms with E-state index in [1.54, 1.807) is 11.8 Å². The molecule has 0 saturated heterocycles. The summed E-state index contributed by atoms with van der Waals surface area (Å²) >= 11 is 7.44. The van der Waals surface area contributed by atoms with Gasteiger partial charge >= 0.3 is 0 Å². The molecular weight excluding hydrogens is 306 g/mol. The number of amides is 1. The summed E-state index contributed by atoms with van der Waals surface area (Å²) in [6, 6.07) is 7.58. The third-order valence-corrected chi connectivity index (χ3v) is 4.45. The number of halogens is 1. The Morgan fingerprint density at radius 1 is 1.33 bits per heavy atom. The van der Waals surface area contributed by atoms with Crippen LogP contribution in [0.2, 0.25) is 5.02 Å². The average Bonchev–Trinajstić information content (AvgIpc) is 2.45. The largest absolute Gasteiger partial charge is 0.379 e. The summed E-state index contributed by atoms with van der Waals surface area (Å²) < 4.78 is 5.45. The van der Waals surface area contributed by atoms with Gasteiger partial charge in [-0.1, -0.05) is 18.5 Å². The summed E-state index contributed by atoms with van der Waals surface area (Å²) in [5.74, 6) is 0.0852. The Kier molecular flexibility index (Phi) is 8.81. The average molecular weight is 330 g/mol. The summed E-state index contributed by atoms with van der Waals surface area (Å²) in [7, 11) is 0. The van der Waals surface area contributed by atoms with Crippen LogP contribution in [0.1, 0.15) is 33.6 Å². The molecule has 1 aromatic rings. The predicted molar refractivity (Wildman–Crippen MR) is 90.1 cm³/mol. The van der Waals surface area contributed by atoms with Crippen molar-refractivity contribution in [2.45, 2.75) is 49.9 Å². The smallest absolute Gasteiger partial charge is 0.233 e. The van der Waals surface area contributed by atoms with Crippen LogP contribution < -0.4 is 5.32 Å². The van der Waals surface area contributed by atoms with Gasteiger partial charge in [-0.25, -0.2) is 0 Å². The van der Waals surface area contributed by atoms with Crippen LogP contribution in [0, 0.1) is 0 Å². The first-order valence-electron chi connectivity index (χ1n) is 7.34. The standard InChI is InChI=1S/C16H24ClNO2S/c1-4-15(21-14-8-6-13(17)7-9-14)16(19)18-10-5-11-20-12(2)3/h6-9,12,15H,4-5,10-11H2,1-3H3,(H,18,19)/t15-/m0/s1. The van der Waals surface area contributed by atoms with Gasteiger partial charge in [-0.2, -0.15) is 0 Å². The van der Waals surface area contributed by atoms with Crippen LogP contribution in [0.4, 0.5) is 0 Å². The molecule has 0 bridgehead atoms. The van der Waals surface area contributed by atoms with E-state index in [1.807, 2.05) is 45.0 Å². The van der Waals surface area contributed by atoms with Crippen molar-refractivity contribution in [3.05, 3.63) is 29.3 Å². The van der Waals surface area contributed by atoms with Crippen LogP contribution in [0.5, 0.6) is 0 Å². The number of thioether (sulfide) groups is 1. The van der Waals surface area contributed by atoms with E-state index in [4.69, 9.17) is 16.3 Å². The quantitative estimate of drug-likeness (QED) is 0.546. The molecule has 1 atom stereocenters. The number of nitrogens with one attached hydrogen (secondary N) is 1. The second-order valence-corrected chi connectivity index (χ2v) is 6.75. The first kappa shape index (κ1) is 18.3. The number of carbonyl (C=O) groups excluding carboxylic acids is 1. The fourth-order valence-corrected chi connectivity index (χ4v) is 2.82. The Hall–Kier alpha value is -0.710. The third kappa shape index (κ3) is 7.74. The van der Waals surface area contributed by atoms with Crippen molar-refractivity contribution in [1.82, 2.24) is 5.32 Å².